The number of nitrogens with one attached hydrogen (secondary N) is 1. The van der Waals surface area contributed by atoms with Crippen LogP contribution in [0.2, 0.25) is 10.0 Å². The number of hydrogen-bond donors (Lipinski definition) is 1. The number of amides is 1. The molecule has 1 fully saturated rings. The highest BCUT2D eigenvalue weighted by atomic mass is 35.5. The third kappa shape index (κ3) is 5.62. The monoisotopic (exact) mass is 434 g/mol. The molecule has 0 atom stereocenters. The van der Waals surface area contributed by atoms with Crippen LogP contribution < -0.4 is 10.2 Å². The Kier molecular flexibility index (Phi) is 7.38. The largest absolute Gasteiger partial charge is 0.363 e. The lowest BCUT2D eigenvalue weighted by atomic mass is 9.96. The number of aromatic nitrogens is 1. The number of anilines is 1. The Morgan fingerprint density at radius 2 is 1.90 bits per heavy atom. The number of pyridine rings is 1. The minimum Gasteiger partial charge on any atom is -0.363 e. The first-order valence-electron chi connectivity index (χ1n) is 9.94. The fourth-order valence-corrected chi connectivity index (χ4v) is 3.96. The minimum atomic E-state index is 0.0232. The molecule has 29 heavy (non-hydrogen) atoms. The Morgan fingerprint density at radius 1 is 1.17 bits per heavy atom. The first-order chi connectivity index (χ1) is 13.8. The van der Waals surface area contributed by atoms with Crippen molar-refractivity contribution >= 4 is 34.9 Å². The van der Waals surface area contributed by atoms with E-state index >= 15 is 0 Å². The summed E-state index contributed by atoms with van der Waals surface area (Å²) in [6, 6.07) is 9.26. The van der Waals surface area contributed by atoms with Gasteiger partial charge in [-0.15, -0.1) is 0 Å². The van der Waals surface area contributed by atoms with Gasteiger partial charge in [0.1, 0.15) is 5.82 Å². The summed E-state index contributed by atoms with van der Waals surface area (Å²) in [5, 5.41) is 4.41. The van der Waals surface area contributed by atoms with Crippen LogP contribution in [-0.2, 0) is 6.54 Å². The predicted octanol–water partition coefficient (Wildman–Crippen LogP) is 4.40. The molecule has 1 N–H and O–H groups in total. The lowest BCUT2D eigenvalue weighted by Crippen LogP contribution is -2.40. The van der Waals surface area contributed by atoms with Gasteiger partial charge in [-0.25, -0.2) is 4.98 Å². The van der Waals surface area contributed by atoms with Crippen molar-refractivity contribution in [3.63, 3.8) is 0 Å². The average molecular weight is 435 g/mol. The van der Waals surface area contributed by atoms with Crippen molar-refractivity contribution in [1.29, 1.82) is 0 Å². The molecule has 5 nitrogen and oxygen atoms in total. The number of benzene rings is 1. The van der Waals surface area contributed by atoms with E-state index in [2.05, 4.69) is 24.4 Å². The number of piperidine rings is 1. The van der Waals surface area contributed by atoms with E-state index in [0.29, 0.717) is 21.5 Å². The molecule has 156 valence electrons. The smallest absolute Gasteiger partial charge is 0.253 e. The molecule has 0 saturated carbocycles. The first kappa shape index (κ1) is 21.9. The molecule has 0 bridgehead atoms. The van der Waals surface area contributed by atoms with E-state index in [0.717, 1.165) is 50.5 Å². The van der Waals surface area contributed by atoms with E-state index in [1.807, 2.05) is 23.9 Å². The van der Waals surface area contributed by atoms with Crippen LogP contribution in [0.25, 0.3) is 0 Å². The molecule has 2 aromatic rings. The number of carbonyl (C=O) groups is 1. The summed E-state index contributed by atoms with van der Waals surface area (Å²) < 4.78 is 0. The number of rotatable bonds is 6. The molecule has 1 aromatic carbocycles. The highest BCUT2D eigenvalue weighted by Gasteiger charge is 2.23. The van der Waals surface area contributed by atoms with Crippen LogP contribution in [0.3, 0.4) is 0 Å². The van der Waals surface area contributed by atoms with Gasteiger partial charge in [0.15, 0.2) is 0 Å². The molecule has 1 saturated heterocycles. The van der Waals surface area contributed by atoms with Crippen molar-refractivity contribution in [2.24, 2.45) is 5.92 Å². The minimum absolute atomic E-state index is 0.0232. The lowest BCUT2D eigenvalue weighted by molar-refractivity contribution is 0.0690. The van der Waals surface area contributed by atoms with Gasteiger partial charge in [0.2, 0.25) is 0 Å². The van der Waals surface area contributed by atoms with Crippen molar-refractivity contribution in [1.82, 2.24) is 15.2 Å². The molecule has 1 aliphatic heterocycles. The van der Waals surface area contributed by atoms with E-state index in [-0.39, 0.29) is 5.91 Å². The maximum absolute atomic E-state index is 12.7. The number of hydrogen-bond acceptors (Lipinski definition) is 4. The van der Waals surface area contributed by atoms with Gasteiger partial charge in [-0.05, 0) is 62.1 Å². The third-order valence-electron chi connectivity index (χ3n) is 5.36. The highest BCUT2D eigenvalue weighted by Crippen LogP contribution is 2.25. The topological polar surface area (TPSA) is 48.5 Å². The molecule has 1 amide bonds. The maximum atomic E-state index is 12.7. The van der Waals surface area contributed by atoms with E-state index in [1.54, 1.807) is 18.2 Å². The number of halogens is 2. The maximum Gasteiger partial charge on any atom is 0.253 e. The Hall–Kier alpha value is -1.82. The zero-order valence-electron chi connectivity index (χ0n) is 17.2. The van der Waals surface area contributed by atoms with Crippen LogP contribution in [0.4, 0.5) is 5.82 Å². The Labute approximate surface area is 183 Å². The van der Waals surface area contributed by atoms with E-state index in [4.69, 9.17) is 28.2 Å². The summed E-state index contributed by atoms with van der Waals surface area (Å²) in [7, 11) is 4.03. The molecule has 1 aromatic heterocycles. The molecule has 0 aliphatic carbocycles. The molecule has 7 heteroatoms. The second kappa shape index (κ2) is 9.79. The number of likely N-dealkylation sites (tertiary alicyclic amines) is 1. The second-order valence-corrected chi connectivity index (χ2v) is 8.65. The van der Waals surface area contributed by atoms with Gasteiger partial charge in [0, 0.05) is 39.3 Å². The van der Waals surface area contributed by atoms with Crippen molar-refractivity contribution in [3.8, 4) is 0 Å². The molecule has 0 unspecified atom stereocenters. The van der Waals surface area contributed by atoms with E-state index in [9.17, 15) is 4.79 Å². The second-order valence-electron chi connectivity index (χ2n) is 7.83. The predicted molar refractivity (Wildman–Crippen MR) is 120 cm³/mol. The fraction of sp³-hybridized carbons (Fsp3) is 0.455. The van der Waals surface area contributed by atoms with Crippen LogP contribution >= 0.6 is 23.2 Å². The van der Waals surface area contributed by atoms with Crippen molar-refractivity contribution in [3.05, 3.63) is 57.2 Å². The van der Waals surface area contributed by atoms with Gasteiger partial charge in [0.05, 0.1) is 15.7 Å². The molecule has 2 heterocycles. The van der Waals surface area contributed by atoms with Crippen molar-refractivity contribution in [2.45, 2.75) is 26.3 Å². The van der Waals surface area contributed by atoms with Gasteiger partial charge in [-0.3, -0.25) is 4.79 Å². The molecule has 3 rings (SSSR count). The summed E-state index contributed by atoms with van der Waals surface area (Å²) in [5.41, 5.74) is 2.82. The Balaban J connectivity index is 1.46. The molecular weight excluding hydrogens is 407 g/mol. The van der Waals surface area contributed by atoms with Gasteiger partial charge in [-0.1, -0.05) is 29.3 Å². The van der Waals surface area contributed by atoms with Crippen LogP contribution in [0.5, 0.6) is 0 Å². The van der Waals surface area contributed by atoms with Crippen molar-refractivity contribution in [2.75, 3.05) is 38.6 Å². The fourth-order valence-electron chi connectivity index (χ4n) is 3.66. The van der Waals surface area contributed by atoms with Gasteiger partial charge in [0.25, 0.3) is 5.91 Å². The summed E-state index contributed by atoms with van der Waals surface area (Å²) in [5.74, 6) is 1.60. The van der Waals surface area contributed by atoms with Gasteiger partial charge in [-0.2, -0.15) is 0 Å². The lowest BCUT2D eigenvalue weighted by Gasteiger charge is -2.32. The van der Waals surface area contributed by atoms with Crippen LogP contribution in [0, 0.1) is 12.8 Å². The first-order valence-corrected chi connectivity index (χ1v) is 10.7. The molecule has 0 spiro atoms. The van der Waals surface area contributed by atoms with E-state index < -0.39 is 0 Å². The summed E-state index contributed by atoms with van der Waals surface area (Å²) in [6.45, 7) is 5.29. The number of nitrogens with zero attached hydrogens (tertiary/aromatic N) is 3. The average Bonchev–Trinajstić information content (AvgIpc) is 2.71. The molecular formula is C22H28Cl2N4O. The van der Waals surface area contributed by atoms with E-state index in [1.165, 1.54) is 5.56 Å². The normalized spacial score (nSPS) is 14.9. The van der Waals surface area contributed by atoms with Crippen LogP contribution in [-0.4, -0.2) is 49.5 Å². The SMILES string of the molecule is Cc1ccc(CNCC2CCN(C(=O)c3ccc(Cl)c(Cl)c3)CC2)nc1N(C)C. The third-order valence-corrected chi connectivity index (χ3v) is 6.10. The summed E-state index contributed by atoms with van der Waals surface area (Å²) in [6.07, 6.45) is 1.98. The highest BCUT2D eigenvalue weighted by molar-refractivity contribution is 6.42. The zero-order chi connectivity index (χ0) is 21.0. The molecule has 1 aliphatic rings. The summed E-state index contributed by atoms with van der Waals surface area (Å²) >= 11 is 12.0. The Morgan fingerprint density at radius 3 is 2.55 bits per heavy atom. The Bertz CT molecular complexity index is 864. The zero-order valence-corrected chi connectivity index (χ0v) is 18.7. The van der Waals surface area contributed by atoms with Gasteiger partial charge >= 0.3 is 0 Å². The molecule has 0 radical (unpaired) electrons. The number of aryl methyl sites for hydroxylation is 1. The quantitative estimate of drug-likeness (QED) is 0.731. The standard InChI is InChI=1S/C22H28Cl2N4O/c1-15-4-6-18(26-21(15)27(2)3)14-25-13-16-8-10-28(11-9-16)22(29)17-5-7-19(23)20(24)12-17/h4-7,12,16,25H,8-11,13-14H2,1-3H3. The summed E-state index contributed by atoms with van der Waals surface area (Å²) in [4.78, 5) is 21.4. The van der Waals surface area contributed by atoms with Gasteiger partial charge < -0.3 is 15.1 Å². The number of carbonyl (C=O) groups excluding carboxylic acids is 1. The van der Waals surface area contributed by atoms with Crippen LogP contribution in [0.15, 0.2) is 30.3 Å². The van der Waals surface area contributed by atoms with Crippen LogP contribution in [0.1, 0.15) is 34.5 Å². The van der Waals surface area contributed by atoms with Crippen molar-refractivity contribution < 1.29 is 4.79 Å².